The van der Waals surface area contributed by atoms with Gasteiger partial charge >= 0.3 is 17.9 Å². The fraction of sp³-hybridized carbons (Fsp3) is 0.429. The molecule has 170 valence electrons. The van der Waals surface area contributed by atoms with Gasteiger partial charge in [0, 0.05) is 5.56 Å². The predicted molar refractivity (Wildman–Crippen MR) is 115 cm³/mol. The van der Waals surface area contributed by atoms with E-state index in [-0.39, 0.29) is 18.1 Å². The summed E-state index contributed by atoms with van der Waals surface area (Å²) in [7, 11) is 0. The Morgan fingerprint density at radius 3 is 2.19 bits per heavy atom. The molecule has 1 aromatic heterocycles. The number of amides is 2. The van der Waals surface area contributed by atoms with Crippen molar-refractivity contribution >= 4 is 23.7 Å². The number of aliphatic imine (C=N–C) groups is 1. The minimum atomic E-state index is -0.945. The Bertz CT molecular complexity index is 1080. The zero-order valence-electron chi connectivity index (χ0n) is 18.8. The molecule has 11 nitrogen and oxygen atoms in total. The number of imide groups is 1. The van der Waals surface area contributed by atoms with Crippen molar-refractivity contribution in [2.75, 3.05) is 0 Å². The van der Waals surface area contributed by atoms with E-state index in [9.17, 15) is 19.7 Å². The molecule has 1 aliphatic heterocycles. The highest BCUT2D eigenvalue weighted by Crippen LogP contribution is 2.29. The molecular formula is C21H25N5O6. The number of hydrogen-bond donors (Lipinski definition) is 0. The summed E-state index contributed by atoms with van der Waals surface area (Å²) in [4.78, 5) is 41.8. The lowest BCUT2D eigenvalue weighted by Gasteiger charge is -2.29. The normalized spacial score (nSPS) is 13.2. The molecule has 1 aliphatic rings. The third-order valence-corrected chi connectivity index (χ3v) is 4.14. The fourth-order valence-corrected chi connectivity index (χ4v) is 2.99. The van der Waals surface area contributed by atoms with Gasteiger partial charge in [-0.05, 0) is 53.2 Å². The van der Waals surface area contributed by atoms with E-state index in [0.717, 1.165) is 11.1 Å². The van der Waals surface area contributed by atoms with Crippen LogP contribution in [0.2, 0.25) is 0 Å². The van der Waals surface area contributed by atoms with Crippen molar-refractivity contribution in [1.82, 2.24) is 14.7 Å². The van der Waals surface area contributed by atoms with E-state index in [1.165, 1.54) is 10.9 Å². The van der Waals surface area contributed by atoms with Gasteiger partial charge in [-0.1, -0.05) is 12.1 Å². The van der Waals surface area contributed by atoms with E-state index in [1.807, 2.05) is 0 Å². The molecular weight excluding hydrogens is 418 g/mol. The Kier molecular flexibility index (Phi) is 5.77. The van der Waals surface area contributed by atoms with Crippen LogP contribution in [-0.4, -0.2) is 48.8 Å². The molecule has 11 heteroatoms. The van der Waals surface area contributed by atoms with E-state index in [0.29, 0.717) is 16.8 Å². The summed E-state index contributed by atoms with van der Waals surface area (Å²) in [5, 5.41) is 15.2. The maximum Gasteiger partial charge on any atom is 0.425 e. The zero-order valence-corrected chi connectivity index (χ0v) is 18.8. The Labute approximate surface area is 184 Å². The van der Waals surface area contributed by atoms with Gasteiger partial charge in [-0.3, -0.25) is 15.1 Å². The topological polar surface area (TPSA) is 129 Å². The van der Waals surface area contributed by atoms with Gasteiger partial charge in [0.2, 0.25) is 0 Å². The van der Waals surface area contributed by atoms with Crippen molar-refractivity contribution in [2.24, 2.45) is 4.99 Å². The quantitative estimate of drug-likeness (QED) is 0.502. The number of nitro groups is 1. The molecule has 2 amide bonds. The summed E-state index contributed by atoms with van der Waals surface area (Å²) in [6, 6.07) is 5.19. The molecule has 0 aliphatic carbocycles. The number of rotatable bonds is 2. The van der Waals surface area contributed by atoms with E-state index >= 15 is 0 Å². The van der Waals surface area contributed by atoms with Crippen LogP contribution >= 0.6 is 0 Å². The van der Waals surface area contributed by atoms with Gasteiger partial charge in [0.1, 0.15) is 23.6 Å². The Balaban J connectivity index is 2.10. The van der Waals surface area contributed by atoms with Crippen LogP contribution in [0.25, 0.3) is 5.69 Å². The molecule has 0 bridgehead atoms. The van der Waals surface area contributed by atoms with Gasteiger partial charge < -0.3 is 9.47 Å². The Morgan fingerprint density at radius 1 is 1.09 bits per heavy atom. The second kappa shape index (κ2) is 8.06. The number of nitrogens with zero attached hydrogens (tertiary/aromatic N) is 5. The summed E-state index contributed by atoms with van der Waals surface area (Å²) in [5.41, 5.74) is -0.378. The van der Waals surface area contributed by atoms with Gasteiger partial charge in [-0.2, -0.15) is 10.00 Å². The van der Waals surface area contributed by atoms with E-state index in [1.54, 1.807) is 59.7 Å². The number of aromatic nitrogens is 2. The van der Waals surface area contributed by atoms with E-state index in [4.69, 9.17) is 9.47 Å². The van der Waals surface area contributed by atoms with Gasteiger partial charge in [0.15, 0.2) is 5.84 Å². The standard InChI is InChI=1S/C21H25N5O6/c1-20(2,3)31-18(27)25(19(28)32-21(4,5)6)17-16-13(10-22-17)8-7-9-15(16)24-12-14(11-23-24)26(29)30/h7-9,11-12H,10H2,1-6H3. The summed E-state index contributed by atoms with van der Waals surface area (Å²) in [6.07, 6.45) is 0.473. The SMILES string of the molecule is CC(C)(C)OC(=O)N(C(=O)OC(C)(C)C)C1=NCc2cccc(-n3cc([N+](=O)[O-])cn3)c21. The molecule has 0 radical (unpaired) electrons. The maximum absolute atomic E-state index is 13.0. The number of ether oxygens (including phenoxy) is 2. The molecule has 0 fully saturated rings. The highest BCUT2D eigenvalue weighted by molar-refractivity contribution is 6.18. The second-order valence-electron chi connectivity index (χ2n) is 9.15. The van der Waals surface area contributed by atoms with Crippen LogP contribution in [0.1, 0.15) is 52.7 Å². The molecule has 0 saturated heterocycles. The summed E-state index contributed by atoms with van der Waals surface area (Å²) in [5.74, 6) is 0.0252. The van der Waals surface area contributed by atoms with Crippen molar-refractivity contribution in [3.8, 4) is 5.69 Å². The third-order valence-electron chi connectivity index (χ3n) is 4.14. The van der Waals surface area contributed by atoms with Gasteiger partial charge in [0.25, 0.3) is 0 Å². The molecule has 0 spiro atoms. The number of amidine groups is 1. The van der Waals surface area contributed by atoms with Crippen molar-refractivity contribution in [3.05, 3.63) is 51.8 Å². The van der Waals surface area contributed by atoms with Crippen LogP contribution in [0.5, 0.6) is 0 Å². The lowest BCUT2D eigenvalue weighted by Crippen LogP contribution is -2.47. The van der Waals surface area contributed by atoms with Crippen molar-refractivity contribution in [1.29, 1.82) is 0 Å². The smallest absolute Gasteiger partial charge is 0.425 e. The van der Waals surface area contributed by atoms with Crippen molar-refractivity contribution in [3.63, 3.8) is 0 Å². The summed E-state index contributed by atoms with van der Waals surface area (Å²) in [6.45, 7) is 10.3. The first-order valence-corrected chi connectivity index (χ1v) is 9.89. The van der Waals surface area contributed by atoms with E-state index in [2.05, 4.69) is 10.1 Å². The Morgan fingerprint density at radius 2 is 1.69 bits per heavy atom. The number of carbonyl (C=O) groups is 2. The van der Waals surface area contributed by atoms with Crippen LogP contribution in [0, 0.1) is 10.1 Å². The lowest BCUT2D eigenvalue weighted by molar-refractivity contribution is -0.384. The fourth-order valence-electron chi connectivity index (χ4n) is 2.99. The molecule has 0 saturated carbocycles. The number of carbonyl (C=O) groups excluding carboxylic acids is 2. The third kappa shape index (κ3) is 4.93. The average molecular weight is 443 g/mol. The summed E-state index contributed by atoms with van der Waals surface area (Å²) < 4.78 is 12.2. The molecule has 1 aromatic carbocycles. The zero-order chi connectivity index (χ0) is 23.8. The van der Waals surface area contributed by atoms with Crippen LogP contribution in [0.15, 0.2) is 35.6 Å². The molecule has 0 unspecified atom stereocenters. The first-order valence-electron chi connectivity index (χ1n) is 9.89. The highest BCUT2D eigenvalue weighted by Gasteiger charge is 2.39. The molecule has 2 aromatic rings. The monoisotopic (exact) mass is 443 g/mol. The predicted octanol–water partition coefficient (Wildman–Crippen LogP) is 4.21. The van der Waals surface area contributed by atoms with Crippen LogP contribution < -0.4 is 0 Å². The Hall–Kier alpha value is -3.76. The lowest BCUT2D eigenvalue weighted by atomic mass is 10.1. The van der Waals surface area contributed by atoms with Gasteiger partial charge in [0.05, 0.1) is 17.2 Å². The molecule has 3 rings (SSSR count). The van der Waals surface area contributed by atoms with Crippen molar-refractivity contribution < 1.29 is 24.0 Å². The minimum absolute atomic E-state index is 0.0252. The maximum atomic E-state index is 13.0. The van der Waals surface area contributed by atoms with Gasteiger partial charge in [-0.25, -0.2) is 14.3 Å². The van der Waals surface area contributed by atoms with E-state index < -0.39 is 28.3 Å². The molecule has 0 N–H and O–H groups in total. The molecule has 32 heavy (non-hydrogen) atoms. The first kappa shape index (κ1) is 22.9. The van der Waals surface area contributed by atoms with Crippen LogP contribution in [0.4, 0.5) is 15.3 Å². The first-order chi connectivity index (χ1) is 14.8. The molecule has 2 heterocycles. The highest BCUT2D eigenvalue weighted by atomic mass is 16.6. The van der Waals surface area contributed by atoms with Crippen molar-refractivity contribution in [2.45, 2.75) is 59.3 Å². The number of hydrogen-bond acceptors (Lipinski definition) is 8. The number of fused-ring (bicyclic) bond motifs is 1. The largest absolute Gasteiger partial charge is 0.443 e. The van der Waals surface area contributed by atoms with Gasteiger partial charge in [-0.15, -0.1) is 0 Å². The second-order valence-corrected chi connectivity index (χ2v) is 9.15. The summed E-state index contributed by atoms with van der Waals surface area (Å²) >= 11 is 0. The average Bonchev–Trinajstić information content (AvgIpc) is 3.26. The van der Waals surface area contributed by atoms with Crippen LogP contribution in [-0.2, 0) is 16.0 Å². The molecule has 0 atom stereocenters. The number of benzene rings is 1. The minimum Gasteiger partial charge on any atom is -0.443 e. The van der Waals surface area contributed by atoms with Crippen LogP contribution in [0.3, 0.4) is 0 Å².